The van der Waals surface area contributed by atoms with Gasteiger partial charge in [-0.05, 0) is 12.1 Å². The molecule has 0 radical (unpaired) electrons. The lowest BCUT2D eigenvalue weighted by Gasteiger charge is -2.25. The number of ether oxygens (including phenoxy) is 2. The predicted octanol–water partition coefficient (Wildman–Crippen LogP) is 1.54. The SMILES string of the molecule is COc1cccc(Cl)c1[C@@H]1CNC(=O)CO1. The van der Waals surface area contributed by atoms with Crippen LogP contribution in [0.25, 0.3) is 0 Å². The van der Waals surface area contributed by atoms with Crippen molar-refractivity contribution in [2.24, 2.45) is 0 Å². The molecule has 1 aromatic rings. The van der Waals surface area contributed by atoms with E-state index >= 15 is 0 Å². The minimum atomic E-state index is -0.249. The van der Waals surface area contributed by atoms with E-state index in [-0.39, 0.29) is 18.6 Å². The maximum absolute atomic E-state index is 11.0. The van der Waals surface area contributed by atoms with Crippen molar-refractivity contribution in [3.05, 3.63) is 28.8 Å². The van der Waals surface area contributed by atoms with Crippen LogP contribution in [0.5, 0.6) is 5.75 Å². The van der Waals surface area contributed by atoms with Crippen LogP contribution in [0.3, 0.4) is 0 Å². The summed E-state index contributed by atoms with van der Waals surface area (Å²) in [6.45, 7) is 0.470. The summed E-state index contributed by atoms with van der Waals surface area (Å²) in [6.07, 6.45) is -0.249. The molecule has 86 valence electrons. The number of carbonyl (C=O) groups excluding carboxylic acids is 1. The minimum absolute atomic E-state index is 0.0546. The van der Waals surface area contributed by atoms with E-state index in [0.717, 1.165) is 5.56 Å². The lowest BCUT2D eigenvalue weighted by Crippen LogP contribution is -2.38. The first kappa shape index (κ1) is 11.2. The highest BCUT2D eigenvalue weighted by Crippen LogP contribution is 2.34. The van der Waals surface area contributed by atoms with E-state index in [4.69, 9.17) is 21.1 Å². The molecule has 1 aliphatic rings. The molecule has 1 fully saturated rings. The first-order valence-electron chi connectivity index (χ1n) is 4.93. The number of methoxy groups -OCH3 is 1. The number of morpholine rings is 1. The molecular weight excluding hydrogens is 230 g/mol. The average Bonchev–Trinajstić information content (AvgIpc) is 2.30. The number of nitrogens with one attached hydrogen (secondary N) is 1. The molecule has 4 nitrogen and oxygen atoms in total. The van der Waals surface area contributed by atoms with Crippen molar-refractivity contribution in [2.75, 3.05) is 20.3 Å². The van der Waals surface area contributed by atoms with Gasteiger partial charge in [0.15, 0.2) is 0 Å². The number of benzene rings is 1. The van der Waals surface area contributed by atoms with Crippen LogP contribution in [-0.2, 0) is 9.53 Å². The molecular formula is C11H12ClNO3. The van der Waals surface area contributed by atoms with Crippen LogP contribution < -0.4 is 10.1 Å². The van der Waals surface area contributed by atoms with Gasteiger partial charge >= 0.3 is 0 Å². The summed E-state index contributed by atoms with van der Waals surface area (Å²) in [4.78, 5) is 11.0. The van der Waals surface area contributed by atoms with Gasteiger partial charge in [0.25, 0.3) is 0 Å². The van der Waals surface area contributed by atoms with Crippen LogP contribution in [0.2, 0.25) is 5.02 Å². The third-order valence-electron chi connectivity index (χ3n) is 2.46. The summed E-state index contributed by atoms with van der Waals surface area (Å²) in [5, 5.41) is 3.31. The molecule has 2 rings (SSSR count). The molecule has 1 N–H and O–H groups in total. The third kappa shape index (κ3) is 2.13. The molecule has 0 bridgehead atoms. The summed E-state index contributed by atoms with van der Waals surface area (Å²) >= 11 is 6.11. The highest BCUT2D eigenvalue weighted by molar-refractivity contribution is 6.31. The second-order valence-electron chi connectivity index (χ2n) is 3.46. The van der Waals surface area contributed by atoms with Gasteiger partial charge < -0.3 is 14.8 Å². The number of halogens is 1. The van der Waals surface area contributed by atoms with Gasteiger partial charge in [-0.2, -0.15) is 0 Å². The Balaban J connectivity index is 2.28. The molecule has 1 aromatic carbocycles. The predicted molar refractivity (Wildman–Crippen MR) is 59.7 cm³/mol. The second kappa shape index (κ2) is 4.72. The van der Waals surface area contributed by atoms with Gasteiger partial charge in [0.2, 0.25) is 5.91 Å². The maximum atomic E-state index is 11.0. The van der Waals surface area contributed by atoms with Crippen LogP contribution >= 0.6 is 11.6 Å². The highest BCUT2D eigenvalue weighted by Gasteiger charge is 2.25. The van der Waals surface area contributed by atoms with E-state index < -0.39 is 0 Å². The quantitative estimate of drug-likeness (QED) is 0.854. The molecule has 1 aliphatic heterocycles. The first-order valence-corrected chi connectivity index (χ1v) is 5.31. The lowest BCUT2D eigenvalue weighted by molar-refractivity contribution is -0.133. The van der Waals surface area contributed by atoms with Gasteiger partial charge in [0, 0.05) is 12.1 Å². The Morgan fingerprint density at radius 1 is 1.56 bits per heavy atom. The molecule has 0 spiro atoms. The first-order chi connectivity index (χ1) is 7.72. The van der Waals surface area contributed by atoms with Crippen molar-refractivity contribution in [3.63, 3.8) is 0 Å². The van der Waals surface area contributed by atoms with E-state index in [2.05, 4.69) is 5.32 Å². The van der Waals surface area contributed by atoms with Crippen LogP contribution in [0, 0.1) is 0 Å². The number of rotatable bonds is 2. The molecule has 0 unspecified atom stereocenters. The van der Waals surface area contributed by atoms with Gasteiger partial charge in [-0.1, -0.05) is 17.7 Å². The Kier molecular flexibility index (Phi) is 3.31. The summed E-state index contributed by atoms with van der Waals surface area (Å²) in [5.41, 5.74) is 0.784. The Labute approximate surface area is 98.5 Å². The van der Waals surface area contributed by atoms with Crippen molar-refractivity contribution in [3.8, 4) is 5.75 Å². The van der Waals surface area contributed by atoms with Crippen molar-refractivity contribution in [2.45, 2.75) is 6.10 Å². The summed E-state index contributed by atoms with van der Waals surface area (Å²) < 4.78 is 10.7. The normalized spacial score (nSPS) is 20.4. The van der Waals surface area contributed by atoms with Gasteiger partial charge in [-0.15, -0.1) is 0 Å². The summed E-state index contributed by atoms with van der Waals surface area (Å²) in [5.74, 6) is 0.566. The smallest absolute Gasteiger partial charge is 0.246 e. The van der Waals surface area contributed by atoms with Gasteiger partial charge in [-0.3, -0.25) is 4.79 Å². The summed E-state index contributed by atoms with van der Waals surface area (Å²) in [7, 11) is 1.58. The van der Waals surface area contributed by atoms with Gasteiger partial charge in [0.05, 0.1) is 12.1 Å². The monoisotopic (exact) mass is 241 g/mol. The highest BCUT2D eigenvalue weighted by atomic mass is 35.5. The molecule has 1 amide bonds. The molecule has 1 saturated heterocycles. The molecule has 0 aliphatic carbocycles. The zero-order chi connectivity index (χ0) is 11.5. The minimum Gasteiger partial charge on any atom is -0.496 e. The Bertz CT molecular complexity index is 398. The number of amides is 1. The van der Waals surface area contributed by atoms with Gasteiger partial charge in [-0.25, -0.2) is 0 Å². The van der Waals surface area contributed by atoms with E-state index in [0.29, 0.717) is 17.3 Å². The van der Waals surface area contributed by atoms with E-state index in [1.165, 1.54) is 0 Å². The van der Waals surface area contributed by atoms with E-state index in [9.17, 15) is 4.79 Å². The molecule has 16 heavy (non-hydrogen) atoms. The van der Waals surface area contributed by atoms with Crippen molar-refractivity contribution in [1.82, 2.24) is 5.32 Å². The van der Waals surface area contributed by atoms with Crippen molar-refractivity contribution < 1.29 is 14.3 Å². The molecule has 0 saturated carbocycles. The number of carbonyl (C=O) groups is 1. The van der Waals surface area contributed by atoms with Crippen molar-refractivity contribution in [1.29, 1.82) is 0 Å². The third-order valence-corrected chi connectivity index (χ3v) is 2.78. The number of hydrogen-bond donors (Lipinski definition) is 1. The van der Waals surface area contributed by atoms with Crippen LogP contribution in [-0.4, -0.2) is 26.2 Å². The number of hydrogen-bond acceptors (Lipinski definition) is 3. The van der Waals surface area contributed by atoms with Gasteiger partial charge in [0.1, 0.15) is 18.5 Å². The van der Waals surface area contributed by atoms with Crippen LogP contribution in [0.15, 0.2) is 18.2 Å². The molecule has 0 aromatic heterocycles. The van der Waals surface area contributed by atoms with E-state index in [1.807, 2.05) is 12.1 Å². The second-order valence-corrected chi connectivity index (χ2v) is 3.87. The zero-order valence-corrected chi connectivity index (χ0v) is 9.58. The molecule has 1 atom stereocenters. The fourth-order valence-electron chi connectivity index (χ4n) is 1.69. The fourth-order valence-corrected chi connectivity index (χ4v) is 1.97. The lowest BCUT2D eigenvalue weighted by atomic mass is 10.1. The van der Waals surface area contributed by atoms with E-state index in [1.54, 1.807) is 13.2 Å². The maximum Gasteiger partial charge on any atom is 0.246 e. The molecule has 5 heteroatoms. The Hall–Kier alpha value is -1.26. The standard InChI is InChI=1S/C11H12ClNO3/c1-15-8-4-2-3-7(12)11(8)9-5-13-10(14)6-16-9/h2-4,9H,5-6H2,1H3,(H,13,14)/t9-/m0/s1. The van der Waals surface area contributed by atoms with Crippen LogP contribution in [0.1, 0.15) is 11.7 Å². The topological polar surface area (TPSA) is 47.6 Å². The Morgan fingerprint density at radius 3 is 3.00 bits per heavy atom. The zero-order valence-electron chi connectivity index (χ0n) is 8.83. The Morgan fingerprint density at radius 2 is 2.38 bits per heavy atom. The fraction of sp³-hybridized carbons (Fsp3) is 0.364. The molecule has 1 heterocycles. The van der Waals surface area contributed by atoms with Crippen LogP contribution in [0.4, 0.5) is 0 Å². The summed E-state index contributed by atoms with van der Waals surface area (Å²) in [6, 6.07) is 5.41. The largest absolute Gasteiger partial charge is 0.496 e. The van der Waals surface area contributed by atoms with Crippen molar-refractivity contribution >= 4 is 17.5 Å². The average molecular weight is 242 g/mol.